The lowest BCUT2D eigenvalue weighted by atomic mass is 9.95. The molecule has 1 aliphatic rings. The van der Waals surface area contributed by atoms with Crippen LogP contribution in [-0.4, -0.2) is 23.0 Å². The van der Waals surface area contributed by atoms with E-state index in [-0.39, 0.29) is 23.0 Å². The lowest BCUT2D eigenvalue weighted by Gasteiger charge is -2.22. The molecule has 1 heterocycles. The van der Waals surface area contributed by atoms with Crippen LogP contribution in [0, 0.1) is 0 Å². The van der Waals surface area contributed by atoms with Crippen LogP contribution in [0.15, 0.2) is 41.8 Å². The molecule has 0 aliphatic heterocycles. The van der Waals surface area contributed by atoms with E-state index in [1.807, 2.05) is 11.4 Å². The molecule has 1 saturated carbocycles. The Morgan fingerprint density at radius 3 is 2.58 bits per heavy atom. The summed E-state index contributed by atoms with van der Waals surface area (Å²) in [6.45, 7) is 0. The van der Waals surface area contributed by atoms with Crippen molar-refractivity contribution in [1.29, 1.82) is 0 Å². The molecule has 2 amide bonds. The molecule has 26 heavy (non-hydrogen) atoms. The number of amides is 2. The highest BCUT2D eigenvalue weighted by Gasteiger charge is 2.17. The predicted molar refractivity (Wildman–Crippen MR) is 109 cm³/mol. The molecule has 0 atom stereocenters. The maximum Gasteiger partial charge on any atom is 0.267 e. The van der Waals surface area contributed by atoms with E-state index in [1.165, 1.54) is 30.6 Å². The van der Waals surface area contributed by atoms with Crippen molar-refractivity contribution in [1.82, 2.24) is 10.6 Å². The third kappa shape index (κ3) is 5.12. The number of rotatable bonds is 4. The number of thiophene rings is 1. The van der Waals surface area contributed by atoms with Gasteiger partial charge in [0, 0.05) is 17.3 Å². The van der Waals surface area contributed by atoms with Crippen LogP contribution in [0.4, 0.5) is 5.69 Å². The number of nitrogens with one attached hydrogen (secondary N) is 3. The zero-order chi connectivity index (χ0) is 18.4. The van der Waals surface area contributed by atoms with Crippen molar-refractivity contribution in [3.05, 3.63) is 52.2 Å². The summed E-state index contributed by atoms with van der Waals surface area (Å²) in [5, 5.41) is 10.7. The summed E-state index contributed by atoms with van der Waals surface area (Å²) >= 11 is 6.54. The van der Waals surface area contributed by atoms with Gasteiger partial charge in [0.1, 0.15) is 0 Å². The molecular formula is C19H21N3O2S2. The standard InChI is InChI=1S/C19H21N3O2S2/c23-17(20-14-7-2-1-3-8-14)13-6-4-9-15(12-13)21-19(25)22-18(24)16-10-5-11-26-16/h4-6,9-12,14H,1-3,7-8H2,(H,20,23)(H2,21,22,24,25). The second-order valence-electron chi connectivity index (χ2n) is 6.27. The molecule has 3 rings (SSSR count). The summed E-state index contributed by atoms with van der Waals surface area (Å²) in [4.78, 5) is 25.0. The van der Waals surface area contributed by atoms with Gasteiger partial charge in [0.25, 0.3) is 11.8 Å². The van der Waals surface area contributed by atoms with E-state index in [1.54, 1.807) is 30.3 Å². The molecule has 7 heteroatoms. The van der Waals surface area contributed by atoms with E-state index in [2.05, 4.69) is 16.0 Å². The maximum absolute atomic E-state index is 12.4. The van der Waals surface area contributed by atoms with E-state index in [0.29, 0.717) is 16.1 Å². The number of thiocarbonyl (C=S) groups is 1. The van der Waals surface area contributed by atoms with Crippen LogP contribution in [0.2, 0.25) is 0 Å². The van der Waals surface area contributed by atoms with E-state index in [9.17, 15) is 9.59 Å². The van der Waals surface area contributed by atoms with Gasteiger partial charge in [-0.15, -0.1) is 11.3 Å². The molecule has 3 N–H and O–H groups in total. The van der Waals surface area contributed by atoms with Gasteiger partial charge in [0.05, 0.1) is 4.88 Å². The zero-order valence-electron chi connectivity index (χ0n) is 14.3. The summed E-state index contributed by atoms with van der Waals surface area (Å²) < 4.78 is 0. The lowest BCUT2D eigenvalue weighted by molar-refractivity contribution is 0.0926. The Morgan fingerprint density at radius 2 is 1.85 bits per heavy atom. The molecule has 2 aromatic rings. The Hall–Kier alpha value is -2.25. The molecule has 1 aliphatic carbocycles. The van der Waals surface area contributed by atoms with Crippen LogP contribution in [-0.2, 0) is 0 Å². The third-order valence-corrected chi connectivity index (χ3v) is 5.37. The van der Waals surface area contributed by atoms with Crippen molar-refractivity contribution in [2.45, 2.75) is 38.1 Å². The molecule has 0 radical (unpaired) electrons. The number of hydrogen-bond acceptors (Lipinski definition) is 4. The molecule has 5 nitrogen and oxygen atoms in total. The molecule has 1 fully saturated rings. The summed E-state index contributed by atoms with van der Waals surface area (Å²) in [5.74, 6) is -0.321. The molecule has 136 valence electrons. The summed E-state index contributed by atoms with van der Waals surface area (Å²) in [6.07, 6.45) is 5.68. The monoisotopic (exact) mass is 387 g/mol. The van der Waals surface area contributed by atoms with E-state index >= 15 is 0 Å². The van der Waals surface area contributed by atoms with Gasteiger partial charge < -0.3 is 10.6 Å². The smallest absolute Gasteiger partial charge is 0.267 e. The quantitative estimate of drug-likeness (QED) is 0.695. The predicted octanol–water partition coefficient (Wildman–Crippen LogP) is 3.94. The number of benzene rings is 1. The van der Waals surface area contributed by atoms with Gasteiger partial charge in [-0.05, 0) is 54.7 Å². The summed E-state index contributed by atoms with van der Waals surface area (Å²) in [6, 6.07) is 10.9. The van der Waals surface area contributed by atoms with Gasteiger partial charge >= 0.3 is 0 Å². The minimum Gasteiger partial charge on any atom is -0.349 e. The number of anilines is 1. The van der Waals surface area contributed by atoms with Crippen LogP contribution in [0.1, 0.15) is 52.1 Å². The molecule has 0 bridgehead atoms. The Balaban J connectivity index is 1.57. The molecule has 1 aromatic heterocycles. The highest BCUT2D eigenvalue weighted by molar-refractivity contribution is 7.80. The Bertz CT molecular complexity index is 784. The fourth-order valence-corrected chi connectivity index (χ4v) is 3.82. The van der Waals surface area contributed by atoms with Crippen LogP contribution in [0.3, 0.4) is 0 Å². The molecule has 0 saturated heterocycles. The van der Waals surface area contributed by atoms with E-state index < -0.39 is 0 Å². The van der Waals surface area contributed by atoms with Crippen molar-refractivity contribution in [2.24, 2.45) is 0 Å². The molecule has 1 aromatic carbocycles. The van der Waals surface area contributed by atoms with Crippen molar-refractivity contribution >= 4 is 46.2 Å². The maximum atomic E-state index is 12.4. The Morgan fingerprint density at radius 1 is 1.04 bits per heavy atom. The van der Waals surface area contributed by atoms with Gasteiger partial charge in [-0.1, -0.05) is 31.4 Å². The van der Waals surface area contributed by atoms with Gasteiger partial charge in [-0.25, -0.2) is 0 Å². The number of carbonyl (C=O) groups is 2. The average molecular weight is 388 g/mol. The van der Waals surface area contributed by atoms with Gasteiger partial charge in [-0.2, -0.15) is 0 Å². The lowest BCUT2D eigenvalue weighted by Crippen LogP contribution is -2.36. The van der Waals surface area contributed by atoms with Crippen molar-refractivity contribution in [3.63, 3.8) is 0 Å². The van der Waals surface area contributed by atoms with Gasteiger partial charge in [0.2, 0.25) is 0 Å². The highest BCUT2D eigenvalue weighted by Crippen LogP contribution is 2.18. The molecular weight excluding hydrogens is 366 g/mol. The number of hydrogen-bond donors (Lipinski definition) is 3. The zero-order valence-corrected chi connectivity index (χ0v) is 15.9. The summed E-state index contributed by atoms with van der Waals surface area (Å²) in [5.41, 5.74) is 1.24. The first kappa shape index (κ1) is 18.5. The molecule has 0 unspecified atom stereocenters. The SMILES string of the molecule is O=C(NC1CCCCC1)c1cccc(NC(=S)NC(=O)c2cccs2)c1. The van der Waals surface area contributed by atoms with Crippen molar-refractivity contribution < 1.29 is 9.59 Å². The Labute approximate surface area is 162 Å². The van der Waals surface area contributed by atoms with Crippen LogP contribution < -0.4 is 16.0 Å². The third-order valence-electron chi connectivity index (χ3n) is 4.30. The fraction of sp³-hybridized carbons (Fsp3) is 0.316. The van der Waals surface area contributed by atoms with Gasteiger partial charge in [0.15, 0.2) is 5.11 Å². The van der Waals surface area contributed by atoms with Crippen LogP contribution in [0.25, 0.3) is 0 Å². The Kier molecular flexibility index (Phi) is 6.35. The first-order chi connectivity index (χ1) is 12.6. The first-order valence-corrected chi connectivity index (χ1v) is 9.97. The van der Waals surface area contributed by atoms with Gasteiger partial charge in [-0.3, -0.25) is 14.9 Å². The first-order valence-electron chi connectivity index (χ1n) is 8.68. The van der Waals surface area contributed by atoms with E-state index in [4.69, 9.17) is 12.2 Å². The minimum absolute atomic E-state index is 0.0749. The van der Waals surface area contributed by atoms with Crippen LogP contribution >= 0.6 is 23.6 Å². The average Bonchev–Trinajstić information content (AvgIpc) is 3.17. The summed E-state index contributed by atoms with van der Waals surface area (Å²) in [7, 11) is 0. The highest BCUT2D eigenvalue weighted by atomic mass is 32.1. The minimum atomic E-state index is -0.247. The second-order valence-corrected chi connectivity index (χ2v) is 7.63. The van der Waals surface area contributed by atoms with Crippen LogP contribution in [0.5, 0.6) is 0 Å². The topological polar surface area (TPSA) is 70.2 Å². The fourth-order valence-electron chi connectivity index (χ4n) is 2.99. The van der Waals surface area contributed by atoms with Crippen molar-refractivity contribution in [3.8, 4) is 0 Å². The number of carbonyl (C=O) groups excluding carboxylic acids is 2. The second kappa shape index (κ2) is 8.91. The van der Waals surface area contributed by atoms with E-state index in [0.717, 1.165) is 12.8 Å². The van der Waals surface area contributed by atoms with Crippen molar-refractivity contribution in [2.75, 3.05) is 5.32 Å². The normalized spacial score (nSPS) is 14.5. The largest absolute Gasteiger partial charge is 0.349 e. The molecule has 0 spiro atoms.